The molecule has 121 valence electrons. The van der Waals surface area contributed by atoms with Gasteiger partial charge < -0.3 is 15.3 Å². The van der Waals surface area contributed by atoms with Gasteiger partial charge >= 0.3 is 5.97 Å². The van der Waals surface area contributed by atoms with Gasteiger partial charge in [-0.25, -0.2) is 4.79 Å². The van der Waals surface area contributed by atoms with E-state index >= 15 is 0 Å². The number of carboxylic acid groups (broad SMARTS) is 1. The van der Waals surface area contributed by atoms with Gasteiger partial charge in [-0.3, -0.25) is 9.59 Å². The molecule has 2 aliphatic heterocycles. The Morgan fingerprint density at radius 2 is 1.96 bits per heavy atom. The molecule has 6 nitrogen and oxygen atoms in total. The van der Waals surface area contributed by atoms with Gasteiger partial charge in [0.1, 0.15) is 17.5 Å². The second kappa shape index (κ2) is 5.56. The maximum absolute atomic E-state index is 12.3. The topological polar surface area (TPSA) is 86.7 Å². The predicted octanol–water partition coefficient (Wildman–Crippen LogP) is 0.871. The van der Waals surface area contributed by atoms with Gasteiger partial charge in [-0.15, -0.1) is 11.8 Å². The molecule has 0 aromatic heterocycles. The molecule has 2 aliphatic rings. The molecule has 7 heteroatoms. The maximum Gasteiger partial charge on any atom is 0.327 e. The number of thioether (sulfide) groups is 1. The van der Waals surface area contributed by atoms with Crippen molar-refractivity contribution in [2.24, 2.45) is 0 Å². The van der Waals surface area contributed by atoms with Crippen LogP contribution in [0.2, 0.25) is 0 Å². The van der Waals surface area contributed by atoms with Crippen LogP contribution in [0.5, 0.6) is 0 Å². The summed E-state index contributed by atoms with van der Waals surface area (Å²) in [6, 6.07) is 7.55. The molecular formula is C16H17N2O4S. The standard InChI is InChI=1S/C16H17N2O4S/c1-16(2)12(15(21)22)18-13(20)11(14(18)23-16)17-10(19)8-9-6-4-3-5-7-9/h3-8,11-12,14H,1-2H3,(H,17,19)(H,21,22)/t11?,12?,14-/m1/s1. The average molecular weight is 333 g/mol. The summed E-state index contributed by atoms with van der Waals surface area (Å²) in [5, 5.41) is 11.7. The number of benzene rings is 1. The first-order valence-electron chi connectivity index (χ1n) is 7.24. The van der Waals surface area contributed by atoms with E-state index in [4.69, 9.17) is 0 Å². The van der Waals surface area contributed by atoms with Crippen molar-refractivity contribution >= 4 is 29.5 Å². The summed E-state index contributed by atoms with van der Waals surface area (Å²) < 4.78 is -0.589. The number of hydrogen-bond acceptors (Lipinski definition) is 4. The van der Waals surface area contributed by atoms with E-state index in [2.05, 4.69) is 5.32 Å². The van der Waals surface area contributed by atoms with E-state index in [1.54, 1.807) is 26.0 Å². The normalized spacial score (nSPS) is 28.0. The quantitative estimate of drug-likeness (QED) is 0.799. The van der Waals surface area contributed by atoms with Gasteiger partial charge in [0.25, 0.3) is 0 Å². The second-order valence-electron chi connectivity index (χ2n) is 6.14. The zero-order valence-electron chi connectivity index (χ0n) is 12.7. The minimum absolute atomic E-state index is 0.327. The molecule has 2 amide bonds. The third-order valence-corrected chi connectivity index (χ3v) is 5.64. The van der Waals surface area contributed by atoms with Crippen LogP contribution in [-0.2, 0) is 14.4 Å². The first-order valence-corrected chi connectivity index (χ1v) is 8.12. The zero-order valence-corrected chi connectivity index (χ0v) is 13.5. The molecule has 2 unspecified atom stereocenters. The van der Waals surface area contributed by atoms with Crippen LogP contribution in [0.1, 0.15) is 19.4 Å². The fraction of sp³-hybridized carbons (Fsp3) is 0.375. The van der Waals surface area contributed by atoms with Crippen LogP contribution in [0, 0.1) is 6.42 Å². The van der Waals surface area contributed by atoms with Crippen molar-refractivity contribution < 1.29 is 19.5 Å². The molecule has 3 atom stereocenters. The first-order chi connectivity index (χ1) is 10.8. The Bertz CT molecular complexity index is 661. The molecule has 2 N–H and O–H groups in total. The summed E-state index contributed by atoms with van der Waals surface area (Å²) in [5.74, 6) is -1.71. The molecule has 0 bridgehead atoms. The summed E-state index contributed by atoms with van der Waals surface area (Å²) in [6.07, 6.45) is 1.43. The van der Waals surface area contributed by atoms with Gasteiger partial charge in [-0.2, -0.15) is 0 Å². The van der Waals surface area contributed by atoms with Crippen molar-refractivity contribution in [1.29, 1.82) is 0 Å². The minimum Gasteiger partial charge on any atom is -0.480 e. The molecule has 0 spiro atoms. The smallest absolute Gasteiger partial charge is 0.327 e. The van der Waals surface area contributed by atoms with Gasteiger partial charge in [-0.05, 0) is 19.4 Å². The molecule has 23 heavy (non-hydrogen) atoms. The lowest BCUT2D eigenvalue weighted by Crippen LogP contribution is -2.70. The molecule has 2 fully saturated rings. The van der Waals surface area contributed by atoms with E-state index in [1.807, 2.05) is 18.2 Å². The van der Waals surface area contributed by atoms with Crippen LogP contribution in [-0.4, -0.2) is 50.0 Å². The number of carbonyl (C=O) groups excluding carboxylic acids is 2. The Labute approximate surface area is 138 Å². The van der Waals surface area contributed by atoms with Crippen LogP contribution in [0.4, 0.5) is 0 Å². The van der Waals surface area contributed by atoms with E-state index in [9.17, 15) is 19.5 Å². The highest BCUT2D eigenvalue weighted by molar-refractivity contribution is 8.01. The summed E-state index contributed by atoms with van der Waals surface area (Å²) in [6.45, 7) is 3.61. The van der Waals surface area contributed by atoms with Crippen molar-refractivity contribution in [2.75, 3.05) is 0 Å². The van der Waals surface area contributed by atoms with E-state index in [1.165, 1.54) is 23.1 Å². The molecule has 2 saturated heterocycles. The molecule has 3 rings (SSSR count). The molecule has 1 aromatic carbocycles. The Morgan fingerprint density at radius 3 is 2.57 bits per heavy atom. The van der Waals surface area contributed by atoms with E-state index < -0.39 is 22.8 Å². The summed E-state index contributed by atoms with van der Waals surface area (Å²) in [5.41, 5.74) is 0.747. The van der Waals surface area contributed by atoms with Crippen molar-refractivity contribution in [3.63, 3.8) is 0 Å². The van der Waals surface area contributed by atoms with Crippen LogP contribution in [0.25, 0.3) is 0 Å². The fourth-order valence-corrected chi connectivity index (χ4v) is 4.67. The number of aliphatic carboxylic acids is 1. The van der Waals surface area contributed by atoms with Crippen LogP contribution >= 0.6 is 11.8 Å². The van der Waals surface area contributed by atoms with Crippen molar-refractivity contribution in [2.45, 2.75) is 36.1 Å². The number of fused-ring (bicyclic) bond motifs is 1. The maximum atomic E-state index is 12.3. The number of amides is 2. The number of carboxylic acids is 1. The molecule has 1 radical (unpaired) electrons. The highest BCUT2D eigenvalue weighted by Gasteiger charge is 2.64. The number of hydrogen-bond donors (Lipinski definition) is 2. The lowest BCUT2D eigenvalue weighted by Gasteiger charge is -2.43. The monoisotopic (exact) mass is 333 g/mol. The van der Waals surface area contributed by atoms with E-state index in [0.717, 1.165) is 5.56 Å². The number of carbonyl (C=O) groups is 3. The third kappa shape index (κ3) is 2.69. The summed E-state index contributed by atoms with van der Waals surface area (Å²) in [7, 11) is 0. The second-order valence-corrected chi connectivity index (χ2v) is 7.91. The fourth-order valence-electron chi connectivity index (χ4n) is 3.04. The minimum atomic E-state index is -1.01. The van der Waals surface area contributed by atoms with E-state index in [0.29, 0.717) is 0 Å². The number of rotatable bonds is 4. The van der Waals surface area contributed by atoms with Gasteiger partial charge in [0.2, 0.25) is 11.8 Å². The average Bonchev–Trinajstić information content (AvgIpc) is 2.74. The van der Waals surface area contributed by atoms with Crippen molar-refractivity contribution in [1.82, 2.24) is 10.2 Å². The highest BCUT2D eigenvalue weighted by atomic mass is 32.2. The Hall–Kier alpha value is -2.02. The van der Waals surface area contributed by atoms with Gasteiger partial charge in [0.05, 0.1) is 6.42 Å². The molecule has 0 saturated carbocycles. The SMILES string of the molecule is CC1(C)S[C@@H]2C(NC(=O)[CH]c3ccccc3)C(=O)N2C1C(=O)O. The Balaban J connectivity index is 1.66. The number of nitrogens with zero attached hydrogens (tertiary/aromatic N) is 1. The van der Waals surface area contributed by atoms with Crippen molar-refractivity contribution in [3.05, 3.63) is 42.3 Å². The van der Waals surface area contributed by atoms with Gasteiger partial charge in [-0.1, -0.05) is 30.3 Å². The third-order valence-electron chi connectivity index (χ3n) is 4.07. The molecule has 2 heterocycles. The van der Waals surface area contributed by atoms with Crippen molar-refractivity contribution in [3.8, 4) is 0 Å². The van der Waals surface area contributed by atoms with Gasteiger partial charge in [0, 0.05) is 4.75 Å². The first kappa shape index (κ1) is 15.9. The predicted molar refractivity (Wildman–Crippen MR) is 85.5 cm³/mol. The lowest BCUT2D eigenvalue weighted by atomic mass is 9.96. The number of β-lactam (4-membered cyclic amide) rings is 1. The lowest BCUT2D eigenvalue weighted by molar-refractivity contribution is -0.160. The highest BCUT2D eigenvalue weighted by Crippen LogP contribution is 2.50. The van der Waals surface area contributed by atoms with E-state index in [-0.39, 0.29) is 17.2 Å². The Kier molecular flexibility index (Phi) is 3.83. The molecule has 0 aliphatic carbocycles. The van der Waals surface area contributed by atoms with Gasteiger partial charge in [0.15, 0.2) is 0 Å². The molecular weight excluding hydrogens is 316 g/mol. The Morgan fingerprint density at radius 1 is 1.30 bits per heavy atom. The van der Waals surface area contributed by atoms with Crippen LogP contribution in [0.15, 0.2) is 30.3 Å². The summed E-state index contributed by atoms with van der Waals surface area (Å²) in [4.78, 5) is 37.1. The number of nitrogens with one attached hydrogen (secondary N) is 1. The zero-order chi connectivity index (χ0) is 16.8. The van der Waals surface area contributed by atoms with Crippen LogP contribution < -0.4 is 5.32 Å². The largest absolute Gasteiger partial charge is 0.480 e. The molecule has 1 aromatic rings. The van der Waals surface area contributed by atoms with Crippen LogP contribution in [0.3, 0.4) is 0 Å². The summed E-state index contributed by atoms with van der Waals surface area (Å²) >= 11 is 1.41.